The van der Waals surface area contributed by atoms with Gasteiger partial charge >= 0.3 is 12.0 Å². The zero-order chi connectivity index (χ0) is 14.2. The smallest absolute Gasteiger partial charge is 0.312 e. The molecule has 0 radical (unpaired) electrons. The fourth-order valence-electron chi connectivity index (χ4n) is 1.64. The van der Waals surface area contributed by atoms with Gasteiger partial charge in [0.1, 0.15) is 0 Å². The molecule has 0 rings (SSSR count). The Balaban J connectivity index is 4.19. The Morgan fingerprint density at radius 3 is 2.00 bits per heavy atom. The molecular weight excluding hydrogens is 238 g/mol. The number of carboxylic acid groups (broad SMARTS) is 1. The third-order valence-corrected chi connectivity index (χ3v) is 3.05. The molecule has 0 fully saturated rings. The molecule has 0 bridgehead atoms. The number of aliphatic carboxylic acids is 1. The van der Waals surface area contributed by atoms with E-state index in [1.807, 2.05) is 0 Å². The van der Waals surface area contributed by atoms with Crippen molar-refractivity contribution in [3.05, 3.63) is 0 Å². The largest absolute Gasteiger partial charge is 0.481 e. The van der Waals surface area contributed by atoms with Gasteiger partial charge in [-0.25, -0.2) is 4.79 Å². The number of rotatable bonds is 8. The number of carboxylic acids is 1. The summed E-state index contributed by atoms with van der Waals surface area (Å²) in [4.78, 5) is 33.2. The van der Waals surface area contributed by atoms with E-state index in [-0.39, 0.29) is 25.4 Å². The van der Waals surface area contributed by atoms with Gasteiger partial charge in [0.2, 0.25) is 5.91 Å². The molecular formula is C11H21N3O4. The third-order valence-electron chi connectivity index (χ3n) is 3.05. The first-order chi connectivity index (χ1) is 8.38. The topological polar surface area (TPSA) is 122 Å². The SMILES string of the molecule is CCC(CC)(CC(=O)NCCNC(N)=O)C(=O)O. The highest BCUT2D eigenvalue weighted by atomic mass is 16.4. The minimum atomic E-state index is -1.01. The van der Waals surface area contributed by atoms with Gasteiger partial charge in [-0.3, -0.25) is 9.59 Å². The van der Waals surface area contributed by atoms with Crippen molar-refractivity contribution in [1.29, 1.82) is 0 Å². The zero-order valence-electron chi connectivity index (χ0n) is 10.8. The van der Waals surface area contributed by atoms with Crippen LogP contribution in [0.25, 0.3) is 0 Å². The van der Waals surface area contributed by atoms with Gasteiger partial charge in [0.25, 0.3) is 0 Å². The van der Waals surface area contributed by atoms with Gasteiger partial charge < -0.3 is 21.5 Å². The van der Waals surface area contributed by atoms with Crippen LogP contribution in [-0.2, 0) is 9.59 Å². The van der Waals surface area contributed by atoms with Crippen LogP contribution in [0.5, 0.6) is 0 Å². The maximum atomic E-state index is 11.6. The van der Waals surface area contributed by atoms with Crippen LogP contribution in [0, 0.1) is 5.41 Å². The molecule has 0 aromatic rings. The van der Waals surface area contributed by atoms with Gasteiger partial charge in [-0.1, -0.05) is 13.8 Å². The summed E-state index contributed by atoms with van der Waals surface area (Å²) < 4.78 is 0. The van der Waals surface area contributed by atoms with Crippen LogP contribution in [0.3, 0.4) is 0 Å². The summed E-state index contributed by atoms with van der Waals surface area (Å²) in [5.74, 6) is -1.30. The standard InChI is InChI=1S/C11H21N3O4/c1-3-11(4-2,9(16)17)7-8(15)13-5-6-14-10(12)18/h3-7H2,1-2H3,(H,13,15)(H,16,17)(H3,12,14,18). The van der Waals surface area contributed by atoms with Crippen molar-refractivity contribution >= 4 is 17.9 Å². The number of hydrogen-bond donors (Lipinski definition) is 4. The lowest BCUT2D eigenvalue weighted by Crippen LogP contribution is -2.40. The van der Waals surface area contributed by atoms with Crippen LogP contribution >= 0.6 is 0 Å². The molecule has 0 spiro atoms. The number of nitrogens with one attached hydrogen (secondary N) is 2. The maximum Gasteiger partial charge on any atom is 0.312 e. The molecule has 0 heterocycles. The van der Waals surface area contributed by atoms with Crippen LogP contribution in [-0.4, -0.2) is 36.1 Å². The lowest BCUT2D eigenvalue weighted by atomic mass is 9.79. The molecule has 3 amide bonds. The van der Waals surface area contributed by atoms with E-state index < -0.39 is 17.4 Å². The molecule has 7 nitrogen and oxygen atoms in total. The number of urea groups is 1. The Labute approximate surface area is 106 Å². The lowest BCUT2D eigenvalue weighted by Gasteiger charge is -2.25. The average molecular weight is 259 g/mol. The summed E-state index contributed by atoms with van der Waals surface area (Å²) in [7, 11) is 0. The second kappa shape index (κ2) is 7.52. The second-order valence-corrected chi connectivity index (χ2v) is 4.11. The van der Waals surface area contributed by atoms with Crippen molar-refractivity contribution in [2.45, 2.75) is 33.1 Å². The first-order valence-electron chi connectivity index (χ1n) is 5.91. The van der Waals surface area contributed by atoms with E-state index in [9.17, 15) is 14.4 Å². The zero-order valence-corrected chi connectivity index (χ0v) is 10.8. The number of amides is 3. The van der Waals surface area contributed by atoms with Crippen LogP contribution in [0.1, 0.15) is 33.1 Å². The van der Waals surface area contributed by atoms with E-state index in [2.05, 4.69) is 10.6 Å². The molecule has 0 atom stereocenters. The van der Waals surface area contributed by atoms with E-state index in [1.165, 1.54) is 0 Å². The molecule has 0 saturated heterocycles. The van der Waals surface area contributed by atoms with Gasteiger partial charge in [0.15, 0.2) is 0 Å². The van der Waals surface area contributed by atoms with Crippen molar-refractivity contribution < 1.29 is 19.5 Å². The molecule has 0 saturated carbocycles. The minimum absolute atomic E-state index is 0.0636. The number of nitrogens with two attached hydrogens (primary N) is 1. The van der Waals surface area contributed by atoms with Crippen molar-refractivity contribution in [2.75, 3.05) is 13.1 Å². The van der Waals surface area contributed by atoms with E-state index in [4.69, 9.17) is 10.8 Å². The fourth-order valence-corrected chi connectivity index (χ4v) is 1.64. The van der Waals surface area contributed by atoms with Gasteiger partial charge in [-0.15, -0.1) is 0 Å². The maximum absolute atomic E-state index is 11.6. The molecule has 0 aromatic heterocycles. The van der Waals surface area contributed by atoms with Crippen LogP contribution < -0.4 is 16.4 Å². The van der Waals surface area contributed by atoms with Crippen molar-refractivity contribution in [3.63, 3.8) is 0 Å². The predicted octanol–water partition coefficient (Wildman–Crippen LogP) is 0.0520. The van der Waals surface area contributed by atoms with Gasteiger partial charge in [-0.2, -0.15) is 0 Å². The highest BCUT2D eigenvalue weighted by Crippen LogP contribution is 2.30. The monoisotopic (exact) mass is 259 g/mol. The summed E-state index contributed by atoms with van der Waals surface area (Å²) in [5, 5.41) is 14.0. The summed E-state index contributed by atoms with van der Waals surface area (Å²) in [6, 6.07) is -0.661. The summed E-state index contributed by atoms with van der Waals surface area (Å²) in [6.07, 6.45) is 0.726. The normalized spacial score (nSPS) is 10.8. The number of primary amides is 1. The van der Waals surface area contributed by atoms with Gasteiger partial charge in [0, 0.05) is 19.5 Å². The van der Waals surface area contributed by atoms with E-state index in [0.29, 0.717) is 12.8 Å². The number of carbonyl (C=O) groups is 3. The number of hydrogen-bond acceptors (Lipinski definition) is 3. The first-order valence-corrected chi connectivity index (χ1v) is 5.91. The van der Waals surface area contributed by atoms with Gasteiger partial charge in [0.05, 0.1) is 5.41 Å². The molecule has 7 heteroatoms. The van der Waals surface area contributed by atoms with E-state index >= 15 is 0 Å². The molecule has 0 aliphatic heterocycles. The fraction of sp³-hybridized carbons (Fsp3) is 0.727. The predicted molar refractivity (Wildman–Crippen MR) is 65.9 cm³/mol. The summed E-state index contributed by atoms with van der Waals surface area (Å²) >= 11 is 0. The Morgan fingerprint density at radius 2 is 1.61 bits per heavy atom. The highest BCUT2D eigenvalue weighted by molar-refractivity contribution is 5.84. The minimum Gasteiger partial charge on any atom is -0.481 e. The quantitative estimate of drug-likeness (QED) is 0.460. The second-order valence-electron chi connectivity index (χ2n) is 4.11. The first kappa shape index (κ1) is 16.2. The molecule has 0 aliphatic carbocycles. The van der Waals surface area contributed by atoms with Crippen LogP contribution in [0.4, 0.5) is 4.79 Å². The number of carbonyl (C=O) groups excluding carboxylic acids is 2. The third kappa shape index (κ3) is 5.03. The highest BCUT2D eigenvalue weighted by Gasteiger charge is 2.36. The molecule has 5 N–H and O–H groups in total. The molecule has 18 heavy (non-hydrogen) atoms. The van der Waals surface area contributed by atoms with Crippen LogP contribution in [0.15, 0.2) is 0 Å². The average Bonchev–Trinajstić information content (AvgIpc) is 2.31. The van der Waals surface area contributed by atoms with E-state index in [0.717, 1.165) is 0 Å². The summed E-state index contributed by atoms with van der Waals surface area (Å²) in [5.41, 5.74) is 3.84. The molecule has 0 unspecified atom stereocenters. The Morgan fingerprint density at radius 1 is 1.11 bits per heavy atom. The Bertz CT molecular complexity index is 313. The van der Waals surface area contributed by atoms with Crippen molar-refractivity contribution in [1.82, 2.24) is 10.6 Å². The van der Waals surface area contributed by atoms with Crippen molar-refractivity contribution in [3.8, 4) is 0 Å². The molecule has 0 aliphatic rings. The lowest BCUT2D eigenvalue weighted by molar-refractivity contribution is -0.152. The van der Waals surface area contributed by atoms with E-state index in [1.54, 1.807) is 13.8 Å². The molecule has 0 aromatic carbocycles. The van der Waals surface area contributed by atoms with Gasteiger partial charge in [-0.05, 0) is 12.8 Å². The summed E-state index contributed by atoms with van der Waals surface area (Å²) in [6.45, 7) is 3.95. The Kier molecular flexibility index (Phi) is 6.77. The van der Waals surface area contributed by atoms with Crippen molar-refractivity contribution in [2.24, 2.45) is 11.1 Å². The Hall–Kier alpha value is -1.79. The molecule has 104 valence electrons. The van der Waals surface area contributed by atoms with Crippen LogP contribution in [0.2, 0.25) is 0 Å².